The minimum absolute atomic E-state index is 0.175. The van der Waals surface area contributed by atoms with Crippen molar-refractivity contribution in [1.29, 1.82) is 0 Å². The van der Waals surface area contributed by atoms with E-state index in [9.17, 15) is 5.11 Å². The molecular weight excluding hydrogens is 296 g/mol. The second kappa shape index (κ2) is 7.98. The quantitative estimate of drug-likeness (QED) is 0.861. The monoisotopic (exact) mass is 326 g/mol. The number of benzene rings is 1. The maximum absolute atomic E-state index is 10.7. The third-order valence-corrected chi connectivity index (χ3v) is 5.52. The number of imidazole rings is 1. The van der Waals surface area contributed by atoms with Gasteiger partial charge in [0.15, 0.2) is 0 Å². The van der Waals surface area contributed by atoms with Gasteiger partial charge in [-0.2, -0.15) is 0 Å². The molecule has 0 bridgehead atoms. The zero-order valence-corrected chi connectivity index (χ0v) is 15.0. The summed E-state index contributed by atoms with van der Waals surface area (Å²) in [5.74, 6) is 0.498. The molecule has 1 aromatic carbocycles. The molecule has 1 fully saturated rings. The lowest BCUT2D eigenvalue weighted by Crippen LogP contribution is -2.28. The van der Waals surface area contributed by atoms with E-state index in [0.29, 0.717) is 12.0 Å². The van der Waals surface area contributed by atoms with Crippen molar-refractivity contribution >= 4 is 0 Å². The predicted molar refractivity (Wildman–Crippen MR) is 99.0 cm³/mol. The molecule has 0 spiro atoms. The minimum atomic E-state index is -0.175. The lowest BCUT2D eigenvalue weighted by Gasteiger charge is -2.33. The number of nitrogens with zero attached hydrogens (tertiary/aromatic N) is 2. The SMILES string of the molecule is CC.OC(CC1Cc2ccccc2-c2cncn21)C1CCCCC1. The number of aliphatic hydroxyl groups is 1. The fraction of sp³-hybridized carbons (Fsp3) is 0.571. The van der Waals surface area contributed by atoms with Crippen molar-refractivity contribution in [3.05, 3.63) is 42.4 Å². The lowest BCUT2D eigenvalue weighted by molar-refractivity contribution is 0.0634. The average molecular weight is 326 g/mol. The van der Waals surface area contributed by atoms with Gasteiger partial charge in [0.1, 0.15) is 0 Å². The van der Waals surface area contributed by atoms with E-state index >= 15 is 0 Å². The van der Waals surface area contributed by atoms with Crippen LogP contribution < -0.4 is 0 Å². The van der Waals surface area contributed by atoms with Gasteiger partial charge in [-0.1, -0.05) is 57.4 Å². The van der Waals surface area contributed by atoms with Crippen LogP contribution in [0.15, 0.2) is 36.8 Å². The molecule has 0 amide bonds. The third-order valence-electron chi connectivity index (χ3n) is 5.52. The third kappa shape index (κ3) is 3.41. The molecule has 2 atom stereocenters. The van der Waals surface area contributed by atoms with Crippen LogP contribution in [0.2, 0.25) is 0 Å². The van der Waals surface area contributed by atoms with Gasteiger partial charge in [-0.05, 0) is 37.2 Å². The Hall–Kier alpha value is -1.61. The lowest BCUT2D eigenvalue weighted by atomic mass is 9.81. The maximum Gasteiger partial charge on any atom is 0.0953 e. The summed E-state index contributed by atoms with van der Waals surface area (Å²) in [7, 11) is 0. The predicted octanol–water partition coefficient (Wildman–Crippen LogP) is 5.00. The summed E-state index contributed by atoms with van der Waals surface area (Å²) in [6.45, 7) is 4.00. The van der Waals surface area contributed by atoms with Gasteiger partial charge >= 0.3 is 0 Å². The Bertz CT molecular complexity index is 643. The Kier molecular flexibility index (Phi) is 5.72. The summed E-state index contributed by atoms with van der Waals surface area (Å²) in [6.07, 6.45) is 11.9. The number of aromatic nitrogens is 2. The topological polar surface area (TPSA) is 38.1 Å². The van der Waals surface area contributed by atoms with Crippen molar-refractivity contribution in [1.82, 2.24) is 9.55 Å². The highest BCUT2D eigenvalue weighted by molar-refractivity contribution is 5.65. The van der Waals surface area contributed by atoms with Gasteiger partial charge in [0.05, 0.1) is 24.3 Å². The zero-order valence-electron chi connectivity index (χ0n) is 15.0. The molecule has 2 heterocycles. The molecular formula is C21H30N2O. The maximum atomic E-state index is 10.7. The second-order valence-corrected chi connectivity index (χ2v) is 6.90. The van der Waals surface area contributed by atoms with Crippen LogP contribution in [0.4, 0.5) is 0 Å². The first-order chi connectivity index (χ1) is 11.8. The Morgan fingerprint density at radius 1 is 1.17 bits per heavy atom. The van der Waals surface area contributed by atoms with E-state index in [4.69, 9.17) is 0 Å². The Balaban J connectivity index is 0.000000815. The van der Waals surface area contributed by atoms with Crippen LogP contribution >= 0.6 is 0 Å². The van der Waals surface area contributed by atoms with Crippen molar-refractivity contribution in [3.63, 3.8) is 0 Å². The van der Waals surface area contributed by atoms with Gasteiger partial charge in [0.2, 0.25) is 0 Å². The standard InChI is InChI=1S/C19H24N2O.C2H6/c22-19(14-6-2-1-3-7-14)11-16-10-15-8-4-5-9-17(15)18-12-20-13-21(16)18;1-2/h4-5,8-9,12-14,16,19,22H,1-3,6-7,10-11H2;1-2H3. The largest absolute Gasteiger partial charge is 0.393 e. The highest BCUT2D eigenvalue weighted by atomic mass is 16.3. The summed E-state index contributed by atoms with van der Waals surface area (Å²) in [5, 5.41) is 10.7. The van der Waals surface area contributed by atoms with E-state index in [0.717, 1.165) is 12.8 Å². The molecule has 1 aliphatic carbocycles. The van der Waals surface area contributed by atoms with Crippen molar-refractivity contribution in [3.8, 4) is 11.3 Å². The fourth-order valence-electron chi connectivity index (χ4n) is 4.29. The number of aliphatic hydroxyl groups excluding tert-OH is 1. The normalized spacial score (nSPS) is 21.2. The first-order valence-electron chi connectivity index (χ1n) is 9.61. The van der Waals surface area contributed by atoms with Gasteiger partial charge in [0.25, 0.3) is 0 Å². The second-order valence-electron chi connectivity index (χ2n) is 6.90. The van der Waals surface area contributed by atoms with Crippen LogP contribution in [0.3, 0.4) is 0 Å². The molecule has 0 radical (unpaired) electrons. The van der Waals surface area contributed by atoms with Gasteiger partial charge in [0, 0.05) is 11.6 Å². The van der Waals surface area contributed by atoms with Crippen LogP contribution in [0, 0.1) is 5.92 Å². The minimum Gasteiger partial charge on any atom is -0.393 e. The Labute approximate surface area is 145 Å². The molecule has 2 aromatic rings. The molecule has 24 heavy (non-hydrogen) atoms. The molecule has 4 rings (SSSR count). The van der Waals surface area contributed by atoms with E-state index in [1.165, 1.54) is 48.9 Å². The van der Waals surface area contributed by atoms with Crippen molar-refractivity contribution in [2.24, 2.45) is 5.92 Å². The Morgan fingerprint density at radius 2 is 1.92 bits per heavy atom. The number of hydrogen-bond donors (Lipinski definition) is 1. The van der Waals surface area contributed by atoms with Gasteiger partial charge in [-0.25, -0.2) is 4.98 Å². The molecule has 2 aliphatic rings. The van der Waals surface area contributed by atoms with Crippen molar-refractivity contribution in [2.45, 2.75) is 70.9 Å². The van der Waals surface area contributed by atoms with E-state index < -0.39 is 0 Å². The molecule has 1 N–H and O–H groups in total. The highest BCUT2D eigenvalue weighted by Crippen LogP contribution is 2.38. The van der Waals surface area contributed by atoms with Crippen LogP contribution in [0.1, 0.15) is 64.0 Å². The van der Waals surface area contributed by atoms with Crippen molar-refractivity contribution in [2.75, 3.05) is 0 Å². The molecule has 130 valence electrons. The smallest absolute Gasteiger partial charge is 0.0953 e. The summed E-state index contributed by atoms with van der Waals surface area (Å²) < 4.78 is 2.27. The van der Waals surface area contributed by atoms with E-state index in [2.05, 4.69) is 33.8 Å². The van der Waals surface area contributed by atoms with E-state index in [1.807, 2.05) is 26.4 Å². The number of hydrogen-bond acceptors (Lipinski definition) is 2. The first kappa shape index (κ1) is 17.2. The summed E-state index contributed by atoms with van der Waals surface area (Å²) in [6, 6.07) is 8.93. The number of fused-ring (bicyclic) bond motifs is 3. The van der Waals surface area contributed by atoms with Crippen LogP contribution in [0.25, 0.3) is 11.3 Å². The van der Waals surface area contributed by atoms with E-state index in [-0.39, 0.29) is 6.10 Å². The average Bonchev–Trinajstić information content (AvgIpc) is 3.15. The summed E-state index contributed by atoms with van der Waals surface area (Å²) in [4.78, 5) is 4.35. The molecule has 1 aliphatic heterocycles. The molecule has 3 nitrogen and oxygen atoms in total. The first-order valence-corrected chi connectivity index (χ1v) is 9.61. The highest BCUT2D eigenvalue weighted by Gasteiger charge is 2.29. The van der Waals surface area contributed by atoms with Gasteiger partial charge < -0.3 is 9.67 Å². The van der Waals surface area contributed by atoms with E-state index in [1.54, 1.807) is 0 Å². The molecule has 3 heteroatoms. The Morgan fingerprint density at radius 3 is 2.71 bits per heavy atom. The van der Waals surface area contributed by atoms with Crippen LogP contribution in [-0.4, -0.2) is 20.8 Å². The molecule has 2 unspecified atom stereocenters. The van der Waals surface area contributed by atoms with Crippen LogP contribution in [-0.2, 0) is 6.42 Å². The number of rotatable bonds is 3. The molecule has 0 saturated heterocycles. The zero-order chi connectivity index (χ0) is 16.9. The summed E-state index contributed by atoms with van der Waals surface area (Å²) >= 11 is 0. The molecule has 1 saturated carbocycles. The molecule has 1 aromatic heterocycles. The summed E-state index contributed by atoms with van der Waals surface area (Å²) in [5.41, 5.74) is 3.88. The van der Waals surface area contributed by atoms with Gasteiger partial charge in [-0.3, -0.25) is 0 Å². The van der Waals surface area contributed by atoms with Crippen molar-refractivity contribution < 1.29 is 5.11 Å². The fourth-order valence-corrected chi connectivity index (χ4v) is 4.29. The van der Waals surface area contributed by atoms with Gasteiger partial charge in [-0.15, -0.1) is 0 Å². The van der Waals surface area contributed by atoms with Crippen LogP contribution in [0.5, 0.6) is 0 Å².